The Kier molecular flexibility index (Phi) is 5.54. The quantitative estimate of drug-likeness (QED) is 0.385. The van der Waals surface area contributed by atoms with Crippen molar-refractivity contribution in [3.8, 4) is 22.8 Å². The lowest BCUT2D eigenvalue weighted by Gasteiger charge is -2.09. The fraction of sp³-hybridized carbons (Fsp3) is 0.0588. The van der Waals surface area contributed by atoms with Crippen LogP contribution in [-0.2, 0) is 0 Å². The van der Waals surface area contributed by atoms with Gasteiger partial charge in [0.25, 0.3) is 0 Å². The maximum atomic E-state index is 12.2. The second-order valence-electron chi connectivity index (χ2n) is 5.41. The van der Waals surface area contributed by atoms with E-state index in [2.05, 4.69) is 37.6 Å². The molecule has 0 saturated carbocycles. The van der Waals surface area contributed by atoms with Crippen LogP contribution >= 0.6 is 12.2 Å². The molecule has 0 unspecified atom stereocenters. The third-order valence-corrected chi connectivity index (χ3v) is 3.48. The smallest absolute Gasteiger partial charge is 0.406 e. The highest BCUT2D eigenvalue weighted by Crippen LogP contribution is 2.24. The zero-order chi connectivity index (χ0) is 20.1. The number of hydrogen-bond acceptors (Lipinski definition) is 5. The van der Waals surface area contributed by atoms with E-state index < -0.39 is 6.36 Å². The van der Waals surface area contributed by atoms with Gasteiger partial charge in [0.15, 0.2) is 10.9 Å². The van der Waals surface area contributed by atoms with E-state index in [1.807, 2.05) is 24.3 Å². The summed E-state index contributed by atoms with van der Waals surface area (Å²) in [7, 11) is 0. The maximum Gasteiger partial charge on any atom is 0.573 e. The van der Waals surface area contributed by atoms with Crippen LogP contribution < -0.4 is 15.9 Å². The number of thiocarbonyl (C=S) groups is 1. The molecule has 11 heteroatoms. The summed E-state index contributed by atoms with van der Waals surface area (Å²) in [6.45, 7) is 0. The molecule has 0 atom stereocenters. The lowest BCUT2D eigenvalue weighted by Crippen LogP contribution is -2.23. The molecule has 3 aromatic rings. The average Bonchev–Trinajstić information content (AvgIpc) is 3.11. The van der Waals surface area contributed by atoms with Crippen molar-refractivity contribution in [1.82, 2.24) is 20.2 Å². The van der Waals surface area contributed by atoms with Crippen LogP contribution in [0.3, 0.4) is 0 Å². The molecule has 0 saturated heterocycles. The molecule has 0 spiro atoms. The fourth-order valence-electron chi connectivity index (χ4n) is 2.21. The maximum absolute atomic E-state index is 12.2. The van der Waals surface area contributed by atoms with Crippen LogP contribution in [0, 0.1) is 0 Å². The van der Waals surface area contributed by atoms with E-state index in [0.29, 0.717) is 11.5 Å². The lowest BCUT2D eigenvalue weighted by atomic mass is 10.1. The topological polar surface area (TPSA) is 90.3 Å². The van der Waals surface area contributed by atoms with Crippen LogP contribution in [0.5, 0.6) is 5.75 Å². The Balaban J connectivity index is 1.71. The van der Waals surface area contributed by atoms with Crippen molar-refractivity contribution in [2.24, 2.45) is 10.8 Å². The number of halogens is 3. The second kappa shape index (κ2) is 8.05. The monoisotopic (exact) mass is 406 g/mol. The van der Waals surface area contributed by atoms with Crippen LogP contribution in [0.15, 0.2) is 60.0 Å². The van der Waals surface area contributed by atoms with Crippen molar-refractivity contribution >= 4 is 23.5 Å². The van der Waals surface area contributed by atoms with E-state index >= 15 is 0 Å². The minimum atomic E-state index is -4.73. The van der Waals surface area contributed by atoms with Gasteiger partial charge in [-0.15, -0.1) is 18.3 Å². The third-order valence-electron chi connectivity index (χ3n) is 3.38. The van der Waals surface area contributed by atoms with E-state index in [1.165, 1.54) is 35.3 Å². The van der Waals surface area contributed by atoms with Crippen LogP contribution in [0.25, 0.3) is 17.1 Å². The van der Waals surface area contributed by atoms with Crippen LogP contribution in [0.1, 0.15) is 5.56 Å². The van der Waals surface area contributed by atoms with Crippen molar-refractivity contribution in [1.29, 1.82) is 0 Å². The predicted molar refractivity (Wildman–Crippen MR) is 101 cm³/mol. The van der Waals surface area contributed by atoms with E-state index in [9.17, 15) is 13.2 Å². The molecule has 0 bridgehead atoms. The minimum Gasteiger partial charge on any atom is -0.406 e. The molecule has 144 valence electrons. The Morgan fingerprint density at radius 3 is 2.43 bits per heavy atom. The number of nitrogens with zero attached hydrogens (tertiary/aromatic N) is 4. The average molecular weight is 406 g/mol. The summed E-state index contributed by atoms with van der Waals surface area (Å²) in [5.74, 6) is 0.152. The Labute approximate surface area is 162 Å². The molecule has 1 heterocycles. The SMILES string of the molecule is NC(=S)NN=Cc1ccc(-c2ncn(-c3ccc(OC(F)(F)F)cc3)n2)cc1. The van der Waals surface area contributed by atoms with Gasteiger partial charge in [0.05, 0.1) is 11.9 Å². The van der Waals surface area contributed by atoms with Gasteiger partial charge < -0.3 is 10.5 Å². The van der Waals surface area contributed by atoms with Crippen molar-refractivity contribution in [2.45, 2.75) is 6.36 Å². The number of hydrazone groups is 1. The minimum absolute atomic E-state index is 0.0700. The second-order valence-corrected chi connectivity index (χ2v) is 5.85. The normalized spacial score (nSPS) is 11.5. The molecule has 28 heavy (non-hydrogen) atoms. The number of nitrogens with one attached hydrogen (secondary N) is 1. The van der Waals surface area contributed by atoms with Gasteiger partial charge >= 0.3 is 6.36 Å². The van der Waals surface area contributed by atoms with E-state index in [0.717, 1.165) is 11.1 Å². The molecule has 1 aromatic heterocycles. The van der Waals surface area contributed by atoms with Gasteiger partial charge in [0, 0.05) is 5.56 Å². The van der Waals surface area contributed by atoms with Gasteiger partial charge in [-0.3, -0.25) is 5.43 Å². The number of ether oxygens (including phenoxy) is 1. The fourth-order valence-corrected chi connectivity index (χ4v) is 2.26. The number of rotatable bonds is 5. The summed E-state index contributed by atoms with van der Waals surface area (Å²) in [5, 5.41) is 8.26. The molecule has 0 fully saturated rings. The Hall–Kier alpha value is -3.47. The van der Waals surface area contributed by atoms with Gasteiger partial charge in [0.2, 0.25) is 0 Å². The summed E-state index contributed by atoms with van der Waals surface area (Å²) >= 11 is 4.65. The molecular formula is C17H13F3N6OS. The highest BCUT2D eigenvalue weighted by Gasteiger charge is 2.30. The Bertz CT molecular complexity index is 983. The number of alkyl halides is 3. The summed E-state index contributed by atoms with van der Waals surface area (Å²) in [6.07, 6.45) is -1.71. The first kappa shape index (κ1) is 19.3. The number of benzene rings is 2. The zero-order valence-corrected chi connectivity index (χ0v) is 14.9. The molecule has 0 amide bonds. The van der Waals surface area contributed by atoms with Crippen molar-refractivity contribution in [2.75, 3.05) is 0 Å². The highest BCUT2D eigenvalue weighted by molar-refractivity contribution is 7.80. The van der Waals surface area contributed by atoms with Gasteiger partial charge in [-0.2, -0.15) is 5.10 Å². The number of nitrogens with two attached hydrogens (primary N) is 1. The number of aromatic nitrogens is 3. The van der Waals surface area contributed by atoms with Gasteiger partial charge in [-0.05, 0) is 42.0 Å². The molecule has 0 aliphatic carbocycles. The number of hydrogen-bond donors (Lipinski definition) is 2. The first-order chi connectivity index (χ1) is 13.3. The molecule has 0 radical (unpaired) electrons. The summed E-state index contributed by atoms with van der Waals surface area (Å²) in [6, 6.07) is 12.6. The van der Waals surface area contributed by atoms with Crippen molar-refractivity contribution < 1.29 is 17.9 Å². The highest BCUT2D eigenvalue weighted by atomic mass is 32.1. The zero-order valence-electron chi connectivity index (χ0n) is 14.1. The van der Waals surface area contributed by atoms with E-state index in [-0.39, 0.29) is 10.9 Å². The summed E-state index contributed by atoms with van der Waals surface area (Å²) in [4.78, 5) is 4.22. The third kappa shape index (κ3) is 5.27. The van der Waals surface area contributed by atoms with Crippen LogP contribution in [0.2, 0.25) is 0 Å². The van der Waals surface area contributed by atoms with Gasteiger partial charge in [0.1, 0.15) is 12.1 Å². The van der Waals surface area contributed by atoms with Crippen LogP contribution in [-0.4, -0.2) is 32.5 Å². The molecule has 3 rings (SSSR count). The van der Waals surface area contributed by atoms with Gasteiger partial charge in [-0.1, -0.05) is 24.3 Å². The molecule has 3 N–H and O–H groups in total. The standard InChI is InChI=1S/C17H13F3N6OS/c18-17(19,20)27-14-7-5-13(6-8-14)26-10-22-15(25-26)12-3-1-11(2-4-12)9-23-24-16(21)28/h1-10H,(H3,21,24,28). The van der Waals surface area contributed by atoms with Gasteiger partial charge in [-0.25, -0.2) is 9.67 Å². The largest absolute Gasteiger partial charge is 0.573 e. The van der Waals surface area contributed by atoms with Crippen molar-refractivity contribution in [3.05, 3.63) is 60.4 Å². The first-order valence-corrected chi connectivity index (χ1v) is 8.18. The Morgan fingerprint density at radius 2 is 1.82 bits per heavy atom. The summed E-state index contributed by atoms with van der Waals surface area (Å²) in [5.41, 5.74) is 9.84. The molecular weight excluding hydrogens is 393 g/mol. The Morgan fingerprint density at radius 1 is 1.14 bits per heavy atom. The van der Waals surface area contributed by atoms with E-state index in [1.54, 1.807) is 6.21 Å². The molecule has 2 aromatic carbocycles. The molecule has 0 aliphatic heterocycles. The predicted octanol–water partition coefficient (Wildman–Crippen LogP) is 3.00. The van der Waals surface area contributed by atoms with Crippen LogP contribution in [0.4, 0.5) is 13.2 Å². The molecule has 0 aliphatic rings. The van der Waals surface area contributed by atoms with Crippen molar-refractivity contribution in [3.63, 3.8) is 0 Å². The first-order valence-electron chi connectivity index (χ1n) is 7.77. The molecule has 7 nitrogen and oxygen atoms in total. The lowest BCUT2D eigenvalue weighted by molar-refractivity contribution is -0.274. The summed E-state index contributed by atoms with van der Waals surface area (Å²) < 4.78 is 41.9. The van der Waals surface area contributed by atoms with E-state index in [4.69, 9.17) is 5.73 Å².